The number of carbonyl (C=O) groups is 1. The van der Waals surface area contributed by atoms with Crippen molar-refractivity contribution in [1.29, 1.82) is 0 Å². The highest BCUT2D eigenvalue weighted by molar-refractivity contribution is 8.13. The lowest BCUT2D eigenvalue weighted by Gasteiger charge is -2.18. The van der Waals surface area contributed by atoms with Gasteiger partial charge in [-0.25, -0.2) is 9.69 Å². The Morgan fingerprint density at radius 2 is 2.16 bits per heavy atom. The highest BCUT2D eigenvalue weighted by Crippen LogP contribution is 2.32. The number of thioether (sulfide) groups is 1. The number of halogens is 1. The van der Waals surface area contributed by atoms with Crippen molar-refractivity contribution in [2.24, 2.45) is 0 Å². The van der Waals surface area contributed by atoms with Gasteiger partial charge in [0.25, 0.3) is 0 Å². The second-order valence-corrected chi connectivity index (χ2v) is 5.59. The van der Waals surface area contributed by atoms with Gasteiger partial charge >= 0.3 is 11.1 Å². The molecule has 1 aromatic rings. The van der Waals surface area contributed by atoms with Crippen LogP contribution in [0.5, 0.6) is 0 Å². The fraction of sp³-hybridized carbons (Fsp3) is 0.385. The molecule has 0 bridgehead atoms. The Balaban J connectivity index is 0.00000133. The third-order valence-electron chi connectivity index (χ3n) is 3.37. The number of hydrogen-bond donors (Lipinski definition) is 1. The van der Waals surface area contributed by atoms with Crippen LogP contribution in [0.25, 0.3) is 0 Å². The van der Waals surface area contributed by atoms with Gasteiger partial charge in [0.2, 0.25) is 0 Å². The number of hydrogen-bond acceptors (Lipinski definition) is 3. The summed E-state index contributed by atoms with van der Waals surface area (Å²) in [6, 6.07) is 10.3. The van der Waals surface area contributed by atoms with Crippen LogP contribution in [0.4, 0.5) is 0 Å². The van der Waals surface area contributed by atoms with E-state index >= 15 is 0 Å². The van der Waals surface area contributed by atoms with Crippen LogP contribution in [0.15, 0.2) is 30.3 Å². The minimum absolute atomic E-state index is 0. The van der Waals surface area contributed by atoms with Crippen molar-refractivity contribution in [3.63, 3.8) is 0 Å². The maximum absolute atomic E-state index is 11.0. The smallest absolute Gasteiger partial charge is 0.345 e. The Morgan fingerprint density at radius 1 is 1.42 bits per heavy atom. The molecule has 0 radical (unpaired) electrons. The van der Waals surface area contributed by atoms with E-state index < -0.39 is 5.97 Å². The molecule has 1 N–H and O–H groups in total. The Hall–Kier alpha value is -1.20. The van der Waals surface area contributed by atoms with Gasteiger partial charge in [0, 0.05) is 11.3 Å². The summed E-state index contributed by atoms with van der Waals surface area (Å²) in [5.41, 5.74) is 1.20. The lowest BCUT2D eigenvalue weighted by atomic mass is 10.1. The van der Waals surface area contributed by atoms with E-state index in [0.29, 0.717) is 0 Å². The maximum Gasteiger partial charge on any atom is 0.345 e. The third kappa shape index (κ3) is 2.72. The largest absolute Gasteiger partial charge is 1.00 e. The molecule has 2 heterocycles. The number of amidine groups is 1. The van der Waals surface area contributed by atoms with E-state index in [0.717, 1.165) is 24.0 Å². The van der Waals surface area contributed by atoms with Gasteiger partial charge < -0.3 is 17.5 Å². The second kappa shape index (κ2) is 5.84. The third-order valence-corrected chi connectivity index (χ3v) is 4.51. The van der Waals surface area contributed by atoms with Gasteiger partial charge in [0.15, 0.2) is 12.6 Å². The molecule has 102 valence electrons. The molecule has 0 saturated carbocycles. The van der Waals surface area contributed by atoms with Crippen LogP contribution in [0, 0.1) is 0 Å². The molecular formula is C13H15ClN2O2S. The molecule has 4 nitrogen and oxygen atoms in total. The van der Waals surface area contributed by atoms with E-state index in [2.05, 4.69) is 16.7 Å². The van der Waals surface area contributed by atoms with E-state index in [9.17, 15) is 4.79 Å². The number of aliphatic carboxylic acids is 1. The fourth-order valence-electron chi connectivity index (χ4n) is 2.59. The first-order valence-electron chi connectivity index (χ1n) is 6.04. The number of rotatable bonds is 3. The number of carboxylic acid groups (broad SMARTS) is 1. The summed E-state index contributed by atoms with van der Waals surface area (Å²) in [6.07, 6.45) is 0. The molecule has 6 heteroatoms. The molecule has 3 rings (SSSR count). The zero-order chi connectivity index (χ0) is 12.5. The zero-order valence-corrected chi connectivity index (χ0v) is 11.9. The lowest BCUT2D eigenvalue weighted by molar-refractivity contribution is -0.511. The standard InChI is InChI=1S/C13H14N2O2S.ClH/c16-12(17)9-15-11(10-4-2-1-3-5-10)8-14-6-7-18-13(14)15;/h1-5,11H,6-9H2;1H. The van der Waals surface area contributed by atoms with Gasteiger partial charge in [-0.2, -0.15) is 0 Å². The molecule has 0 aromatic heterocycles. The van der Waals surface area contributed by atoms with Crippen LogP contribution >= 0.6 is 11.8 Å². The Bertz CT molecular complexity index is 507. The number of carboxylic acids is 1. The summed E-state index contributed by atoms with van der Waals surface area (Å²) in [5.74, 6) is 0.297. The summed E-state index contributed by atoms with van der Waals surface area (Å²) >= 11 is 1.77. The fourth-order valence-corrected chi connectivity index (χ4v) is 3.79. The van der Waals surface area contributed by atoms with E-state index in [-0.39, 0.29) is 25.0 Å². The molecule has 2 aliphatic heterocycles. The predicted octanol–water partition coefficient (Wildman–Crippen LogP) is -1.75. The minimum Gasteiger partial charge on any atom is -1.00 e. The van der Waals surface area contributed by atoms with E-state index in [1.165, 1.54) is 5.56 Å². The van der Waals surface area contributed by atoms with Crippen LogP contribution in [-0.2, 0) is 4.79 Å². The first-order valence-corrected chi connectivity index (χ1v) is 7.02. The summed E-state index contributed by atoms with van der Waals surface area (Å²) in [7, 11) is 0. The summed E-state index contributed by atoms with van der Waals surface area (Å²) in [4.78, 5) is 13.1. The monoisotopic (exact) mass is 298 g/mol. The second-order valence-electron chi connectivity index (χ2n) is 4.53. The molecule has 1 aromatic carbocycles. The zero-order valence-electron chi connectivity index (χ0n) is 10.3. The molecule has 19 heavy (non-hydrogen) atoms. The molecule has 0 amide bonds. The predicted molar refractivity (Wildman–Crippen MR) is 71.0 cm³/mol. The SMILES string of the molecule is O=C(O)CN1C2=[N+](CCS2)CC1c1ccccc1.[Cl-]. The molecule has 0 saturated heterocycles. The molecule has 0 fully saturated rings. The summed E-state index contributed by atoms with van der Waals surface area (Å²) in [6.45, 7) is 2.01. The van der Waals surface area contributed by atoms with Crippen LogP contribution in [0.3, 0.4) is 0 Å². The topological polar surface area (TPSA) is 43.5 Å². The first kappa shape index (κ1) is 14.2. The normalized spacial score (nSPS) is 21.3. The highest BCUT2D eigenvalue weighted by atomic mass is 35.5. The van der Waals surface area contributed by atoms with Crippen molar-refractivity contribution >= 4 is 22.9 Å². The van der Waals surface area contributed by atoms with E-state index in [1.54, 1.807) is 11.8 Å². The molecule has 0 aliphatic carbocycles. The van der Waals surface area contributed by atoms with Gasteiger partial charge in [-0.15, -0.1) is 0 Å². The van der Waals surface area contributed by atoms with Crippen LogP contribution in [0.2, 0.25) is 0 Å². The van der Waals surface area contributed by atoms with E-state index in [1.807, 2.05) is 23.1 Å². The van der Waals surface area contributed by atoms with Crippen molar-refractivity contribution in [3.05, 3.63) is 35.9 Å². The number of benzene rings is 1. The van der Waals surface area contributed by atoms with Gasteiger partial charge in [0.1, 0.15) is 6.54 Å². The average molecular weight is 299 g/mol. The van der Waals surface area contributed by atoms with Crippen LogP contribution in [-0.4, -0.2) is 51.1 Å². The Morgan fingerprint density at radius 3 is 2.84 bits per heavy atom. The quantitative estimate of drug-likeness (QED) is 0.672. The minimum atomic E-state index is -0.766. The molecule has 0 spiro atoms. The van der Waals surface area contributed by atoms with Crippen molar-refractivity contribution < 1.29 is 26.9 Å². The number of nitrogens with zero attached hydrogens (tertiary/aromatic N) is 2. The molecule has 1 atom stereocenters. The van der Waals surface area contributed by atoms with Crippen molar-refractivity contribution in [3.8, 4) is 0 Å². The van der Waals surface area contributed by atoms with Gasteiger partial charge in [0.05, 0.1) is 6.54 Å². The van der Waals surface area contributed by atoms with Gasteiger partial charge in [-0.1, -0.05) is 30.3 Å². The maximum atomic E-state index is 11.0. The summed E-state index contributed by atoms with van der Waals surface area (Å²) < 4.78 is 2.30. The van der Waals surface area contributed by atoms with Crippen molar-refractivity contribution in [1.82, 2.24) is 4.90 Å². The summed E-state index contributed by atoms with van der Waals surface area (Å²) in [5, 5.41) is 10.2. The molecule has 1 unspecified atom stereocenters. The van der Waals surface area contributed by atoms with Crippen molar-refractivity contribution in [2.45, 2.75) is 6.04 Å². The molecule has 2 aliphatic rings. The van der Waals surface area contributed by atoms with Gasteiger partial charge in [-0.05, 0) is 11.8 Å². The van der Waals surface area contributed by atoms with Crippen molar-refractivity contribution in [2.75, 3.05) is 25.4 Å². The lowest BCUT2D eigenvalue weighted by Crippen LogP contribution is -3.00. The first-order chi connectivity index (χ1) is 8.75. The van der Waals surface area contributed by atoms with Crippen LogP contribution in [0.1, 0.15) is 11.6 Å². The average Bonchev–Trinajstić information content (AvgIpc) is 2.93. The Labute approximate surface area is 122 Å². The van der Waals surface area contributed by atoms with Crippen LogP contribution < -0.4 is 12.4 Å². The van der Waals surface area contributed by atoms with E-state index in [4.69, 9.17) is 5.11 Å². The Kier molecular flexibility index (Phi) is 4.37. The molecular weight excluding hydrogens is 284 g/mol. The van der Waals surface area contributed by atoms with Gasteiger partial charge in [-0.3, -0.25) is 4.58 Å². The highest BCUT2D eigenvalue weighted by Gasteiger charge is 2.44.